The molecule has 0 amide bonds. The number of hydrogen-bond donors (Lipinski definition) is 1. The summed E-state index contributed by atoms with van der Waals surface area (Å²) in [5.74, 6) is -0.315. The number of nitriles is 1. The molecule has 0 aliphatic carbocycles. The molecule has 0 saturated carbocycles. The van der Waals surface area contributed by atoms with Crippen molar-refractivity contribution in [3.05, 3.63) is 35.4 Å². The molecule has 100 valence electrons. The molecular weight excluding hydrogens is 240 g/mol. The molecule has 1 aliphatic rings. The number of carbonyl (C=O) groups is 1. The molecule has 2 atom stereocenters. The lowest BCUT2D eigenvalue weighted by molar-refractivity contribution is -0.145. The maximum atomic E-state index is 11.3. The highest BCUT2D eigenvalue weighted by Crippen LogP contribution is 2.25. The van der Waals surface area contributed by atoms with E-state index in [0.29, 0.717) is 24.4 Å². The van der Waals surface area contributed by atoms with E-state index in [9.17, 15) is 9.90 Å². The molecular formula is C15H18N2O2. The van der Waals surface area contributed by atoms with E-state index in [4.69, 9.17) is 5.26 Å². The highest BCUT2D eigenvalue weighted by molar-refractivity contribution is 5.73. The van der Waals surface area contributed by atoms with Crippen molar-refractivity contribution >= 4 is 5.97 Å². The van der Waals surface area contributed by atoms with Crippen molar-refractivity contribution in [2.24, 2.45) is 5.92 Å². The van der Waals surface area contributed by atoms with Gasteiger partial charge in [0, 0.05) is 6.54 Å². The number of likely N-dealkylation sites (tertiary alicyclic amines) is 1. The third kappa shape index (κ3) is 3.12. The summed E-state index contributed by atoms with van der Waals surface area (Å²) in [5.41, 5.74) is 1.54. The van der Waals surface area contributed by atoms with Crippen molar-refractivity contribution in [1.29, 1.82) is 5.26 Å². The first-order valence-corrected chi connectivity index (χ1v) is 6.56. The number of hydrogen-bond acceptors (Lipinski definition) is 3. The molecule has 2 unspecified atom stereocenters. The first-order chi connectivity index (χ1) is 9.11. The molecule has 1 aliphatic heterocycles. The topological polar surface area (TPSA) is 64.3 Å². The number of benzene rings is 1. The second-order valence-corrected chi connectivity index (χ2v) is 5.22. The van der Waals surface area contributed by atoms with Crippen LogP contribution in [0.3, 0.4) is 0 Å². The number of carboxylic acids is 1. The third-order valence-electron chi connectivity index (χ3n) is 3.77. The van der Waals surface area contributed by atoms with E-state index in [1.54, 1.807) is 6.07 Å². The quantitative estimate of drug-likeness (QED) is 0.903. The fourth-order valence-corrected chi connectivity index (χ4v) is 2.62. The van der Waals surface area contributed by atoms with Crippen LogP contribution < -0.4 is 0 Å². The Balaban J connectivity index is 2.17. The standard InChI is InChI=1S/C15H18N2O2/c1-11-6-7-17(14(8-11)15(18)19)10-13-5-3-2-4-12(13)9-16/h2-5,11,14H,6-8,10H2,1H3,(H,18,19). The van der Waals surface area contributed by atoms with Gasteiger partial charge in [0.05, 0.1) is 11.6 Å². The second kappa shape index (κ2) is 5.85. The average Bonchev–Trinajstić information content (AvgIpc) is 2.41. The van der Waals surface area contributed by atoms with Crippen molar-refractivity contribution in [3.63, 3.8) is 0 Å². The highest BCUT2D eigenvalue weighted by Gasteiger charge is 2.31. The lowest BCUT2D eigenvalue weighted by atomic mass is 9.92. The molecule has 4 heteroatoms. The number of carboxylic acid groups (broad SMARTS) is 1. The summed E-state index contributed by atoms with van der Waals surface area (Å²) in [7, 11) is 0. The predicted octanol–water partition coefficient (Wildman–Crippen LogP) is 2.24. The van der Waals surface area contributed by atoms with Crippen LogP contribution in [0.15, 0.2) is 24.3 Å². The molecule has 2 rings (SSSR count). The van der Waals surface area contributed by atoms with E-state index < -0.39 is 12.0 Å². The summed E-state index contributed by atoms with van der Waals surface area (Å²) >= 11 is 0. The molecule has 1 N–H and O–H groups in total. The normalized spacial score (nSPS) is 23.8. The Bertz CT molecular complexity index is 507. The zero-order valence-electron chi connectivity index (χ0n) is 11.0. The van der Waals surface area contributed by atoms with Crippen LogP contribution in [-0.4, -0.2) is 28.6 Å². The number of aliphatic carboxylic acids is 1. The molecule has 0 spiro atoms. The van der Waals surface area contributed by atoms with E-state index in [2.05, 4.69) is 13.0 Å². The van der Waals surface area contributed by atoms with Gasteiger partial charge in [0.25, 0.3) is 0 Å². The van der Waals surface area contributed by atoms with Crippen molar-refractivity contribution in [2.45, 2.75) is 32.4 Å². The van der Waals surface area contributed by atoms with Gasteiger partial charge in [0.15, 0.2) is 0 Å². The lowest BCUT2D eigenvalue weighted by Gasteiger charge is -2.36. The van der Waals surface area contributed by atoms with E-state index in [0.717, 1.165) is 18.5 Å². The van der Waals surface area contributed by atoms with E-state index in [1.165, 1.54) is 0 Å². The molecule has 0 bridgehead atoms. The van der Waals surface area contributed by atoms with E-state index in [-0.39, 0.29) is 0 Å². The van der Waals surface area contributed by atoms with Crippen molar-refractivity contribution < 1.29 is 9.90 Å². The summed E-state index contributed by atoms with van der Waals surface area (Å²) < 4.78 is 0. The van der Waals surface area contributed by atoms with Crippen molar-refractivity contribution in [1.82, 2.24) is 4.90 Å². The van der Waals surface area contributed by atoms with Gasteiger partial charge in [-0.15, -0.1) is 0 Å². The smallest absolute Gasteiger partial charge is 0.320 e. The SMILES string of the molecule is CC1CCN(Cc2ccccc2C#N)C(C(=O)O)C1. The Labute approximate surface area is 113 Å². The molecule has 1 heterocycles. The molecule has 1 fully saturated rings. The van der Waals surface area contributed by atoms with Crippen LogP contribution in [0.2, 0.25) is 0 Å². The van der Waals surface area contributed by atoms with Gasteiger partial charge < -0.3 is 5.11 Å². The van der Waals surface area contributed by atoms with Gasteiger partial charge in [0.1, 0.15) is 6.04 Å². The maximum absolute atomic E-state index is 11.3. The Morgan fingerprint density at radius 3 is 2.95 bits per heavy atom. The Kier molecular flexibility index (Phi) is 4.18. The molecule has 19 heavy (non-hydrogen) atoms. The number of nitrogens with zero attached hydrogens (tertiary/aromatic N) is 2. The summed E-state index contributed by atoms with van der Waals surface area (Å²) in [6.07, 6.45) is 1.70. The molecule has 1 saturated heterocycles. The van der Waals surface area contributed by atoms with Gasteiger partial charge in [0.2, 0.25) is 0 Å². The fraction of sp³-hybridized carbons (Fsp3) is 0.467. The molecule has 0 radical (unpaired) electrons. The first kappa shape index (κ1) is 13.6. The van der Waals surface area contributed by atoms with Crippen LogP contribution in [0, 0.1) is 17.2 Å². The minimum absolute atomic E-state index is 0.435. The van der Waals surface area contributed by atoms with Gasteiger partial charge in [-0.25, -0.2) is 0 Å². The van der Waals surface area contributed by atoms with Crippen LogP contribution in [0.1, 0.15) is 30.9 Å². The molecule has 4 nitrogen and oxygen atoms in total. The van der Waals surface area contributed by atoms with E-state index in [1.807, 2.05) is 23.1 Å². The van der Waals surface area contributed by atoms with Gasteiger partial charge in [-0.2, -0.15) is 5.26 Å². The van der Waals surface area contributed by atoms with Gasteiger partial charge in [-0.05, 0) is 36.9 Å². The lowest BCUT2D eigenvalue weighted by Crippen LogP contribution is -2.46. The molecule has 1 aromatic carbocycles. The number of rotatable bonds is 3. The predicted molar refractivity (Wildman–Crippen MR) is 71.4 cm³/mol. The van der Waals surface area contributed by atoms with Crippen LogP contribution in [0.5, 0.6) is 0 Å². The summed E-state index contributed by atoms with van der Waals surface area (Å²) in [5, 5.41) is 18.4. The average molecular weight is 258 g/mol. The summed E-state index contributed by atoms with van der Waals surface area (Å²) in [6.45, 7) is 3.40. The molecule has 1 aromatic rings. The largest absolute Gasteiger partial charge is 0.480 e. The zero-order valence-corrected chi connectivity index (χ0v) is 11.0. The van der Waals surface area contributed by atoms with Crippen LogP contribution >= 0.6 is 0 Å². The molecule has 0 aromatic heterocycles. The minimum Gasteiger partial charge on any atom is -0.480 e. The Morgan fingerprint density at radius 2 is 2.26 bits per heavy atom. The second-order valence-electron chi connectivity index (χ2n) is 5.22. The van der Waals surface area contributed by atoms with E-state index >= 15 is 0 Å². The maximum Gasteiger partial charge on any atom is 0.320 e. The first-order valence-electron chi connectivity index (χ1n) is 6.56. The highest BCUT2D eigenvalue weighted by atomic mass is 16.4. The zero-order chi connectivity index (χ0) is 13.8. The van der Waals surface area contributed by atoms with Gasteiger partial charge in [-0.1, -0.05) is 25.1 Å². The number of piperidine rings is 1. The Hall–Kier alpha value is -1.86. The Morgan fingerprint density at radius 1 is 1.53 bits per heavy atom. The van der Waals surface area contributed by atoms with Gasteiger partial charge in [-0.3, -0.25) is 9.69 Å². The van der Waals surface area contributed by atoms with Gasteiger partial charge >= 0.3 is 5.97 Å². The van der Waals surface area contributed by atoms with Crippen molar-refractivity contribution in [3.8, 4) is 6.07 Å². The fourth-order valence-electron chi connectivity index (χ4n) is 2.62. The minimum atomic E-state index is -0.763. The monoisotopic (exact) mass is 258 g/mol. The van der Waals surface area contributed by atoms with Crippen LogP contribution in [0.4, 0.5) is 0 Å². The third-order valence-corrected chi connectivity index (χ3v) is 3.77. The van der Waals surface area contributed by atoms with Crippen LogP contribution in [-0.2, 0) is 11.3 Å². The summed E-state index contributed by atoms with van der Waals surface area (Å²) in [4.78, 5) is 13.3. The summed E-state index contributed by atoms with van der Waals surface area (Å²) in [6, 6.07) is 9.12. The van der Waals surface area contributed by atoms with Crippen LogP contribution in [0.25, 0.3) is 0 Å². The van der Waals surface area contributed by atoms with Crippen molar-refractivity contribution in [2.75, 3.05) is 6.54 Å².